The third-order valence-electron chi connectivity index (χ3n) is 2.61. The SMILES string of the molecule is O=C(O)C(F)(F)CNCCC1CCC1. The molecule has 0 atom stereocenters. The molecule has 82 valence electrons. The molecular formula is C9H15F2NO2. The monoisotopic (exact) mass is 207 g/mol. The molecule has 0 aromatic rings. The van der Waals surface area contributed by atoms with Crippen molar-refractivity contribution in [2.24, 2.45) is 5.92 Å². The van der Waals surface area contributed by atoms with Crippen molar-refractivity contribution in [3.63, 3.8) is 0 Å². The van der Waals surface area contributed by atoms with Crippen LogP contribution in [0, 0.1) is 5.92 Å². The summed E-state index contributed by atoms with van der Waals surface area (Å²) in [7, 11) is 0. The maximum absolute atomic E-state index is 12.5. The number of hydrogen-bond acceptors (Lipinski definition) is 2. The van der Waals surface area contributed by atoms with Gasteiger partial charge in [-0.15, -0.1) is 0 Å². The second-order valence-electron chi connectivity index (χ2n) is 3.77. The summed E-state index contributed by atoms with van der Waals surface area (Å²) in [5, 5.41) is 10.6. The lowest BCUT2D eigenvalue weighted by atomic mass is 9.83. The second-order valence-corrected chi connectivity index (χ2v) is 3.77. The first-order valence-electron chi connectivity index (χ1n) is 4.84. The molecule has 5 heteroatoms. The Morgan fingerprint density at radius 3 is 2.57 bits per heavy atom. The van der Waals surface area contributed by atoms with Crippen molar-refractivity contribution in [3.8, 4) is 0 Å². The Labute approximate surface area is 81.5 Å². The summed E-state index contributed by atoms with van der Waals surface area (Å²) in [5.74, 6) is -5.05. The summed E-state index contributed by atoms with van der Waals surface area (Å²) < 4.78 is 25.0. The number of halogens is 2. The van der Waals surface area contributed by atoms with Gasteiger partial charge in [0.25, 0.3) is 0 Å². The van der Waals surface area contributed by atoms with Crippen molar-refractivity contribution in [2.45, 2.75) is 31.6 Å². The van der Waals surface area contributed by atoms with Gasteiger partial charge in [-0.1, -0.05) is 19.3 Å². The summed E-state index contributed by atoms with van der Waals surface area (Å²) in [6, 6.07) is 0. The fourth-order valence-corrected chi connectivity index (χ4v) is 1.41. The average Bonchev–Trinajstić information content (AvgIpc) is 2.00. The summed E-state index contributed by atoms with van der Waals surface area (Å²) in [5.41, 5.74) is 0. The summed E-state index contributed by atoms with van der Waals surface area (Å²) >= 11 is 0. The highest BCUT2D eigenvalue weighted by molar-refractivity contribution is 5.75. The number of carbonyl (C=O) groups is 1. The second kappa shape index (κ2) is 4.68. The van der Waals surface area contributed by atoms with E-state index in [4.69, 9.17) is 5.11 Å². The molecule has 1 aliphatic rings. The Morgan fingerprint density at radius 2 is 2.14 bits per heavy atom. The molecule has 1 saturated carbocycles. The molecule has 0 bridgehead atoms. The molecular weight excluding hydrogens is 192 g/mol. The molecule has 1 fully saturated rings. The molecule has 2 N–H and O–H groups in total. The van der Waals surface area contributed by atoms with E-state index in [0.29, 0.717) is 12.5 Å². The largest absolute Gasteiger partial charge is 0.477 e. The Balaban J connectivity index is 2.04. The molecule has 0 radical (unpaired) electrons. The third-order valence-corrected chi connectivity index (χ3v) is 2.61. The number of carboxylic acids is 1. The first kappa shape index (κ1) is 11.4. The van der Waals surface area contributed by atoms with Crippen molar-refractivity contribution in [1.82, 2.24) is 5.32 Å². The van der Waals surface area contributed by atoms with Gasteiger partial charge in [0.2, 0.25) is 0 Å². The molecule has 0 aromatic heterocycles. The molecule has 0 aliphatic heterocycles. The van der Waals surface area contributed by atoms with Gasteiger partial charge in [0, 0.05) is 0 Å². The van der Waals surface area contributed by atoms with Gasteiger partial charge in [-0.25, -0.2) is 4.79 Å². The number of alkyl halides is 2. The van der Waals surface area contributed by atoms with Crippen LogP contribution < -0.4 is 5.32 Å². The molecule has 1 aliphatic carbocycles. The predicted molar refractivity (Wildman–Crippen MR) is 47.4 cm³/mol. The molecule has 14 heavy (non-hydrogen) atoms. The van der Waals surface area contributed by atoms with Crippen molar-refractivity contribution < 1.29 is 18.7 Å². The van der Waals surface area contributed by atoms with Crippen molar-refractivity contribution in [2.75, 3.05) is 13.1 Å². The smallest absolute Gasteiger partial charge is 0.375 e. The number of aliphatic carboxylic acids is 1. The molecule has 0 unspecified atom stereocenters. The Kier molecular flexibility index (Phi) is 3.80. The van der Waals surface area contributed by atoms with Crippen LogP contribution >= 0.6 is 0 Å². The Hall–Kier alpha value is -0.710. The summed E-state index contributed by atoms with van der Waals surface area (Å²) in [6.45, 7) is -0.289. The minimum Gasteiger partial charge on any atom is -0.477 e. The van der Waals surface area contributed by atoms with Gasteiger partial charge in [-0.2, -0.15) is 8.78 Å². The quantitative estimate of drug-likeness (QED) is 0.649. The lowest BCUT2D eigenvalue weighted by molar-refractivity contribution is -0.164. The summed E-state index contributed by atoms with van der Waals surface area (Å²) in [4.78, 5) is 10.0. The Morgan fingerprint density at radius 1 is 1.50 bits per heavy atom. The van der Waals surface area contributed by atoms with Crippen LogP contribution in [-0.4, -0.2) is 30.1 Å². The normalized spacial score (nSPS) is 17.9. The maximum atomic E-state index is 12.5. The molecule has 3 nitrogen and oxygen atoms in total. The van der Waals surface area contributed by atoms with E-state index in [2.05, 4.69) is 5.32 Å². The Bertz CT molecular complexity index is 205. The highest BCUT2D eigenvalue weighted by atomic mass is 19.3. The van der Waals surface area contributed by atoms with Gasteiger partial charge >= 0.3 is 11.9 Å². The predicted octanol–water partition coefficient (Wildman–Crippen LogP) is 1.49. The number of carboxylic acid groups (broad SMARTS) is 1. The van der Waals surface area contributed by atoms with Gasteiger partial charge in [0.15, 0.2) is 0 Å². The minimum absolute atomic E-state index is 0.480. The maximum Gasteiger partial charge on any atom is 0.375 e. The first-order valence-corrected chi connectivity index (χ1v) is 4.84. The zero-order valence-corrected chi connectivity index (χ0v) is 7.93. The van der Waals surface area contributed by atoms with Crippen LogP contribution in [0.25, 0.3) is 0 Å². The van der Waals surface area contributed by atoms with Crippen LogP contribution in [0.4, 0.5) is 8.78 Å². The van der Waals surface area contributed by atoms with E-state index in [0.717, 1.165) is 6.42 Å². The van der Waals surface area contributed by atoms with E-state index in [1.807, 2.05) is 0 Å². The standard InChI is InChI=1S/C9H15F2NO2/c10-9(11,8(13)14)6-12-5-4-7-2-1-3-7/h7,12H,1-6H2,(H,13,14). The van der Waals surface area contributed by atoms with Gasteiger partial charge in [-0.05, 0) is 18.9 Å². The molecule has 0 aromatic carbocycles. The van der Waals surface area contributed by atoms with Crippen molar-refractivity contribution in [1.29, 1.82) is 0 Å². The van der Waals surface area contributed by atoms with Gasteiger partial charge in [0.1, 0.15) is 0 Å². The molecule has 0 heterocycles. The molecule has 0 amide bonds. The zero-order valence-electron chi connectivity index (χ0n) is 7.93. The lowest BCUT2D eigenvalue weighted by Crippen LogP contribution is -2.40. The van der Waals surface area contributed by atoms with E-state index < -0.39 is 18.4 Å². The number of hydrogen-bond donors (Lipinski definition) is 2. The van der Waals surface area contributed by atoms with Crippen molar-refractivity contribution >= 4 is 5.97 Å². The summed E-state index contributed by atoms with van der Waals surface area (Å²) in [6.07, 6.45) is 4.46. The zero-order chi connectivity index (χ0) is 10.6. The number of nitrogens with one attached hydrogen (secondary N) is 1. The van der Waals surface area contributed by atoms with E-state index >= 15 is 0 Å². The van der Waals surface area contributed by atoms with Gasteiger partial charge in [0.05, 0.1) is 6.54 Å². The van der Waals surface area contributed by atoms with Crippen molar-refractivity contribution in [3.05, 3.63) is 0 Å². The highest BCUT2D eigenvalue weighted by Crippen LogP contribution is 2.28. The van der Waals surface area contributed by atoms with Crippen LogP contribution in [-0.2, 0) is 4.79 Å². The van der Waals surface area contributed by atoms with Crippen LogP contribution in [0.15, 0.2) is 0 Å². The van der Waals surface area contributed by atoms with E-state index in [9.17, 15) is 13.6 Å². The average molecular weight is 207 g/mol. The third kappa shape index (κ3) is 3.21. The molecule has 1 rings (SSSR count). The number of rotatable bonds is 6. The topological polar surface area (TPSA) is 49.3 Å². The van der Waals surface area contributed by atoms with Crippen LogP contribution in [0.5, 0.6) is 0 Å². The van der Waals surface area contributed by atoms with Gasteiger partial charge < -0.3 is 10.4 Å². The fourth-order valence-electron chi connectivity index (χ4n) is 1.41. The lowest BCUT2D eigenvalue weighted by Gasteiger charge is -2.25. The highest BCUT2D eigenvalue weighted by Gasteiger charge is 2.38. The minimum atomic E-state index is -3.64. The van der Waals surface area contributed by atoms with E-state index in [1.165, 1.54) is 19.3 Å². The molecule has 0 spiro atoms. The molecule has 0 saturated heterocycles. The van der Waals surface area contributed by atoms with Crippen LogP contribution in [0.1, 0.15) is 25.7 Å². The van der Waals surface area contributed by atoms with Gasteiger partial charge in [-0.3, -0.25) is 0 Å². The van der Waals surface area contributed by atoms with Crippen LogP contribution in [0.3, 0.4) is 0 Å². The van der Waals surface area contributed by atoms with E-state index in [1.54, 1.807) is 0 Å². The fraction of sp³-hybridized carbons (Fsp3) is 0.889. The van der Waals surface area contributed by atoms with Crippen LogP contribution in [0.2, 0.25) is 0 Å². The first-order chi connectivity index (χ1) is 6.52. The van der Waals surface area contributed by atoms with E-state index in [-0.39, 0.29) is 0 Å².